The first kappa shape index (κ1) is 16.3. The lowest BCUT2D eigenvalue weighted by molar-refractivity contribution is -0.130. The molecule has 22 heavy (non-hydrogen) atoms. The molecule has 0 bridgehead atoms. The van der Waals surface area contributed by atoms with Crippen LogP contribution in [0.4, 0.5) is 5.69 Å². The van der Waals surface area contributed by atoms with E-state index in [1.165, 1.54) is 0 Å². The van der Waals surface area contributed by atoms with Crippen LogP contribution < -0.4 is 4.31 Å². The predicted molar refractivity (Wildman–Crippen MR) is 83.8 cm³/mol. The van der Waals surface area contributed by atoms with Gasteiger partial charge in [-0.2, -0.15) is 5.26 Å². The minimum Gasteiger partial charge on any atom is -0.341 e. The molecule has 1 aromatic rings. The first-order valence-electron chi connectivity index (χ1n) is 7.17. The maximum Gasteiger partial charge on any atom is 0.243 e. The van der Waals surface area contributed by atoms with Gasteiger partial charge in [-0.3, -0.25) is 9.10 Å². The van der Waals surface area contributed by atoms with Crippen LogP contribution in [0.25, 0.3) is 0 Å². The van der Waals surface area contributed by atoms with E-state index < -0.39 is 10.0 Å². The molecule has 6 nitrogen and oxygen atoms in total. The Morgan fingerprint density at radius 3 is 2.32 bits per heavy atom. The normalized spacial score (nSPS) is 15.2. The van der Waals surface area contributed by atoms with Crippen LogP contribution in [0.15, 0.2) is 24.3 Å². The molecule has 7 heteroatoms. The highest BCUT2D eigenvalue weighted by Crippen LogP contribution is 2.19. The Bertz CT molecular complexity index is 671. The molecular formula is C15H19N3O3S. The number of carbonyl (C=O) groups is 1. The Kier molecular flexibility index (Phi) is 5.03. The molecule has 1 fully saturated rings. The molecule has 1 aromatic carbocycles. The van der Waals surface area contributed by atoms with Gasteiger partial charge in [-0.15, -0.1) is 0 Å². The van der Waals surface area contributed by atoms with Crippen molar-refractivity contribution in [1.29, 1.82) is 5.26 Å². The number of likely N-dealkylation sites (tertiary alicyclic amines) is 1. The number of benzene rings is 1. The molecule has 1 aliphatic heterocycles. The molecular weight excluding hydrogens is 302 g/mol. The molecule has 0 aromatic heterocycles. The number of piperidine rings is 1. The Hall–Kier alpha value is -2.07. The van der Waals surface area contributed by atoms with Gasteiger partial charge in [0.2, 0.25) is 15.9 Å². The van der Waals surface area contributed by atoms with Gasteiger partial charge in [0.1, 0.15) is 6.54 Å². The van der Waals surface area contributed by atoms with Crippen molar-refractivity contribution in [2.75, 3.05) is 30.2 Å². The summed E-state index contributed by atoms with van der Waals surface area (Å²) in [6, 6.07) is 8.15. The van der Waals surface area contributed by atoms with Crippen molar-refractivity contribution in [3.8, 4) is 6.07 Å². The van der Waals surface area contributed by atoms with Crippen molar-refractivity contribution >= 4 is 21.6 Å². The maximum absolute atomic E-state index is 12.3. The van der Waals surface area contributed by atoms with E-state index in [9.17, 15) is 13.2 Å². The monoisotopic (exact) mass is 321 g/mol. The summed E-state index contributed by atoms with van der Waals surface area (Å²) in [5.74, 6) is -0.186. The molecule has 1 aliphatic rings. The number of carbonyl (C=O) groups excluding carboxylic acids is 1. The average molecular weight is 321 g/mol. The van der Waals surface area contributed by atoms with E-state index in [1.807, 2.05) is 6.07 Å². The van der Waals surface area contributed by atoms with Crippen molar-refractivity contribution in [2.45, 2.75) is 19.3 Å². The van der Waals surface area contributed by atoms with Crippen molar-refractivity contribution in [1.82, 2.24) is 4.90 Å². The first-order valence-corrected chi connectivity index (χ1v) is 9.02. The van der Waals surface area contributed by atoms with Crippen molar-refractivity contribution in [2.24, 2.45) is 0 Å². The topological polar surface area (TPSA) is 81.5 Å². The van der Waals surface area contributed by atoms with E-state index >= 15 is 0 Å². The van der Waals surface area contributed by atoms with Crippen LogP contribution >= 0.6 is 0 Å². The lowest BCUT2D eigenvalue weighted by Gasteiger charge is -2.30. The molecule has 1 heterocycles. The number of hydrogen-bond acceptors (Lipinski definition) is 4. The predicted octanol–water partition coefficient (Wildman–Crippen LogP) is 1.34. The van der Waals surface area contributed by atoms with Gasteiger partial charge >= 0.3 is 0 Å². The van der Waals surface area contributed by atoms with E-state index in [1.54, 1.807) is 29.2 Å². The maximum atomic E-state index is 12.3. The van der Waals surface area contributed by atoms with Crippen LogP contribution in [-0.2, 0) is 14.8 Å². The SMILES string of the molecule is CS(=O)(=O)N(CC(=O)N1CCCCC1)c1ccc(C#N)cc1. The van der Waals surface area contributed by atoms with Gasteiger partial charge in [0, 0.05) is 13.1 Å². The number of anilines is 1. The lowest BCUT2D eigenvalue weighted by atomic mass is 10.1. The van der Waals surface area contributed by atoms with E-state index in [0.29, 0.717) is 24.3 Å². The van der Waals surface area contributed by atoms with Gasteiger partial charge in [0.15, 0.2) is 0 Å². The highest BCUT2D eigenvalue weighted by Gasteiger charge is 2.24. The van der Waals surface area contributed by atoms with Gasteiger partial charge in [0.25, 0.3) is 0 Å². The third kappa shape index (κ3) is 3.98. The molecule has 0 N–H and O–H groups in total. The van der Waals surface area contributed by atoms with E-state index in [2.05, 4.69) is 0 Å². The largest absolute Gasteiger partial charge is 0.341 e. The Morgan fingerprint density at radius 2 is 1.82 bits per heavy atom. The Balaban J connectivity index is 2.19. The minimum absolute atomic E-state index is 0.186. The molecule has 2 rings (SSSR count). The minimum atomic E-state index is -3.57. The highest BCUT2D eigenvalue weighted by atomic mass is 32.2. The zero-order valence-corrected chi connectivity index (χ0v) is 13.3. The van der Waals surface area contributed by atoms with Gasteiger partial charge in [0.05, 0.1) is 23.6 Å². The second-order valence-corrected chi connectivity index (χ2v) is 7.28. The zero-order valence-electron chi connectivity index (χ0n) is 12.5. The highest BCUT2D eigenvalue weighted by molar-refractivity contribution is 7.92. The molecule has 0 atom stereocenters. The molecule has 0 radical (unpaired) electrons. The van der Waals surface area contributed by atoms with Gasteiger partial charge < -0.3 is 4.90 Å². The van der Waals surface area contributed by atoms with Crippen LogP contribution in [0, 0.1) is 11.3 Å². The molecule has 0 aliphatic carbocycles. The van der Waals surface area contributed by atoms with Crippen LogP contribution in [0.5, 0.6) is 0 Å². The van der Waals surface area contributed by atoms with Crippen LogP contribution in [-0.4, -0.2) is 45.1 Å². The van der Waals surface area contributed by atoms with Gasteiger partial charge in [-0.05, 0) is 43.5 Å². The first-order chi connectivity index (χ1) is 10.4. The van der Waals surface area contributed by atoms with Crippen molar-refractivity contribution in [3.05, 3.63) is 29.8 Å². The van der Waals surface area contributed by atoms with Crippen LogP contribution in [0.1, 0.15) is 24.8 Å². The summed E-state index contributed by atoms with van der Waals surface area (Å²) in [5, 5.41) is 8.80. The quantitative estimate of drug-likeness (QED) is 0.838. The molecule has 0 saturated carbocycles. The van der Waals surface area contributed by atoms with Gasteiger partial charge in [-0.1, -0.05) is 0 Å². The smallest absolute Gasteiger partial charge is 0.243 e. The second-order valence-electron chi connectivity index (χ2n) is 5.37. The Morgan fingerprint density at radius 1 is 1.23 bits per heavy atom. The molecule has 1 amide bonds. The van der Waals surface area contributed by atoms with Crippen molar-refractivity contribution in [3.63, 3.8) is 0 Å². The Labute approximate surface area is 131 Å². The number of rotatable bonds is 4. The number of nitrogens with zero attached hydrogens (tertiary/aromatic N) is 3. The average Bonchev–Trinajstić information content (AvgIpc) is 2.52. The second kappa shape index (κ2) is 6.79. The number of hydrogen-bond donors (Lipinski definition) is 0. The fraction of sp³-hybridized carbons (Fsp3) is 0.467. The van der Waals surface area contributed by atoms with Gasteiger partial charge in [-0.25, -0.2) is 8.42 Å². The summed E-state index contributed by atoms with van der Waals surface area (Å²) in [4.78, 5) is 14.0. The molecule has 0 spiro atoms. The van der Waals surface area contributed by atoms with E-state index in [0.717, 1.165) is 29.8 Å². The summed E-state index contributed by atoms with van der Waals surface area (Å²) in [7, 11) is -3.57. The standard InChI is InChI=1S/C15H19N3O3S/c1-22(20,21)18(14-7-5-13(11-16)6-8-14)12-15(19)17-9-3-2-4-10-17/h5-8H,2-4,9-10,12H2,1H3. The van der Waals surface area contributed by atoms with E-state index in [4.69, 9.17) is 5.26 Å². The third-order valence-electron chi connectivity index (χ3n) is 3.67. The van der Waals surface area contributed by atoms with Crippen LogP contribution in [0.2, 0.25) is 0 Å². The summed E-state index contributed by atoms with van der Waals surface area (Å²) >= 11 is 0. The fourth-order valence-corrected chi connectivity index (χ4v) is 3.32. The molecule has 1 saturated heterocycles. The summed E-state index contributed by atoms with van der Waals surface area (Å²) in [5.41, 5.74) is 0.839. The number of amides is 1. The fourth-order valence-electron chi connectivity index (χ4n) is 2.47. The molecule has 118 valence electrons. The summed E-state index contributed by atoms with van der Waals surface area (Å²) in [6.45, 7) is 1.17. The summed E-state index contributed by atoms with van der Waals surface area (Å²) in [6.07, 6.45) is 4.10. The lowest BCUT2D eigenvalue weighted by Crippen LogP contribution is -2.44. The zero-order chi connectivity index (χ0) is 16.2. The van der Waals surface area contributed by atoms with E-state index in [-0.39, 0.29) is 12.5 Å². The molecule has 0 unspecified atom stereocenters. The number of sulfonamides is 1. The van der Waals surface area contributed by atoms with Crippen LogP contribution in [0.3, 0.4) is 0 Å². The summed E-state index contributed by atoms with van der Waals surface area (Å²) < 4.78 is 25.1. The third-order valence-corrected chi connectivity index (χ3v) is 4.81. The van der Waals surface area contributed by atoms with Crippen molar-refractivity contribution < 1.29 is 13.2 Å². The number of nitriles is 1.